The molecule has 4 aromatic rings. The zero-order chi connectivity index (χ0) is 22.3. The van der Waals surface area contributed by atoms with Crippen LogP contribution in [-0.4, -0.2) is 16.7 Å². The molecule has 3 nitrogen and oxygen atoms in total. The van der Waals surface area contributed by atoms with Crippen molar-refractivity contribution in [3.63, 3.8) is 0 Å². The lowest BCUT2D eigenvalue weighted by atomic mass is 9.97. The van der Waals surface area contributed by atoms with Crippen LogP contribution >= 0.6 is 0 Å². The van der Waals surface area contributed by atoms with E-state index in [1.807, 2.05) is 6.07 Å². The summed E-state index contributed by atoms with van der Waals surface area (Å²) in [7, 11) is 1.72. The average molecular weight is 429 g/mol. The van der Waals surface area contributed by atoms with Gasteiger partial charge < -0.3 is 9.30 Å². The van der Waals surface area contributed by atoms with Gasteiger partial charge in [0.25, 0.3) is 0 Å². The summed E-state index contributed by atoms with van der Waals surface area (Å²) >= 11 is 0. The van der Waals surface area contributed by atoms with Gasteiger partial charge in [-0.1, -0.05) is 88.8 Å². The standard InChI is InChI=1S/C29H36N2O/c1-4-5-6-7-8-9-12-19-31-28-14-11-10-13-27(28)30-29(31)22(2)23-15-16-25-21-26(32-3)18-17-24(25)20-23/h10-11,13-18,20-22H,4-9,12,19H2,1-3H3. The third kappa shape index (κ3) is 4.98. The van der Waals surface area contributed by atoms with Gasteiger partial charge in [-0.2, -0.15) is 0 Å². The van der Waals surface area contributed by atoms with Gasteiger partial charge >= 0.3 is 0 Å². The number of imidazole rings is 1. The van der Waals surface area contributed by atoms with Crippen LogP contribution in [0.15, 0.2) is 60.7 Å². The number of rotatable bonds is 11. The molecule has 168 valence electrons. The highest BCUT2D eigenvalue weighted by molar-refractivity contribution is 5.85. The zero-order valence-electron chi connectivity index (χ0n) is 19.8. The Morgan fingerprint density at radius 2 is 1.56 bits per heavy atom. The van der Waals surface area contributed by atoms with E-state index in [9.17, 15) is 0 Å². The summed E-state index contributed by atoms with van der Waals surface area (Å²) in [4.78, 5) is 5.08. The number of aryl methyl sites for hydroxylation is 1. The van der Waals surface area contributed by atoms with Gasteiger partial charge in [0.1, 0.15) is 11.6 Å². The number of unbranched alkanes of at least 4 members (excludes halogenated alkanes) is 6. The van der Waals surface area contributed by atoms with E-state index in [1.54, 1.807) is 7.11 Å². The summed E-state index contributed by atoms with van der Waals surface area (Å²) < 4.78 is 7.84. The number of fused-ring (bicyclic) bond motifs is 2. The molecule has 0 bridgehead atoms. The molecule has 0 amide bonds. The van der Waals surface area contributed by atoms with E-state index >= 15 is 0 Å². The Labute approximate surface area is 192 Å². The summed E-state index contributed by atoms with van der Waals surface area (Å²) in [5.41, 5.74) is 3.66. The van der Waals surface area contributed by atoms with Gasteiger partial charge in [-0.15, -0.1) is 0 Å². The quantitative estimate of drug-likeness (QED) is 0.226. The molecule has 1 aromatic heterocycles. The summed E-state index contributed by atoms with van der Waals surface area (Å²) in [5, 5.41) is 2.45. The van der Waals surface area contributed by atoms with E-state index < -0.39 is 0 Å². The fourth-order valence-corrected chi connectivity index (χ4v) is 4.67. The van der Waals surface area contributed by atoms with Gasteiger partial charge in [0.05, 0.1) is 18.1 Å². The number of ether oxygens (including phenoxy) is 1. The number of aromatic nitrogens is 2. The Balaban J connectivity index is 1.56. The Kier molecular flexibility index (Phi) is 7.47. The van der Waals surface area contributed by atoms with Crippen molar-refractivity contribution in [1.29, 1.82) is 0 Å². The third-order valence-electron chi connectivity index (χ3n) is 6.63. The van der Waals surface area contributed by atoms with E-state index in [0.29, 0.717) is 0 Å². The summed E-state index contributed by atoms with van der Waals surface area (Å²) in [6.45, 7) is 5.60. The van der Waals surface area contributed by atoms with Crippen molar-refractivity contribution >= 4 is 21.8 Å². The monoisotopic (exact) mass is 428 g/mol. The van der Waals surface area contributed by atoms with Crippen molar-refractivity contribution in [2.24, 2.45) is 0 Å². The van der Waals surface area contributed by atoms with Gasteiger partial charge in [0, 0.05) is 12.5 Å². The molecule has 0 aliphatic heterocycles. The second-order valence-electron chi connectivity index (χ2n) is 8.93. The van der Waals surface area contributed by atoms with Gasteiger partial charge in [-0.05, 0) is 47.0 Å². The SMILES string of the molecule is CCCCCCCCCn1c(C(C)c2ccc3cc(OC)ccc3c2)nc2ccccc21. The number of methoxy groups -OCH3 is 1. The largest absolute Gasteiger partial charge is 0.497 e. The molecule has 3 aromatic carbocycles. The van der Waals surface area contributed by atoms with Crippen LogP contribution in [-0.2, 0) is 6.54 Å². The minimum atomic E-state index is 0.235. The maximum Gasteiger partial charge on any atom is 0.119 e. The predicted octanol–water partition coefficient (Wildman–Crippen LogP) is 8.10. The molecule has 0 N–H and O–H groups in total. The smallest absolute Gasteiger partial charge is 0.119 e. The third-order valence-corrected chi connectivity index (χ3v) is 6.63. The minimum Gasteiger partial charge on any atom is -0.497 e. The van der Waals surface area contributed by atoms with E-state index in [4.69, 9.17) is 9.72 Å². The maximum atomic E-state index is 5.38. The molecule has 0 aliphatic rings. The molecule has 32 heavy (non-hydrogen) atoms. The van der Waals surface area contributed by atoms with Gasteiger partial charge in [-0.25, -0.2) is 4.98 Å². The highest BCUT2D eigenvalue weighted by Crippen LogP contribution is 2.31. The number of nitrogens with zero attached hydrogens (tertiary/aromatic N) is 2. The number of hydrogen-bond donors (Lipinski definition) is 0. The second-order valence-corrected chi connectivity index (χ2v) is 8.93. The Morgan fingerprint density at radius 1 is 0.844 bits per heavy atom. The van der Waals surface area contributed by atoms with Crippen molar-refractivity contribution < 1.29 is 4.74 Å². The average Bonchev–Trinajstić information content (AvgIpc) is 3.21. The van der Waals surface area contributed by atoms with Crippen LogP contribution in [0.25, 0.3) is 21.8 Å². The molecular weight excluding hydrogens is 392 g/mol. The van der Waals surface area contributed by atoms with Crippen molar-refractivity contribution in [3.05, 3.63) is 72.1 Å². The Bertz CT molecular complexity index is 1160. The highest BCUT2D eigenvalue weighted by atomic mass is 16.5. The molecule has 0 aliphatic carbocycles. The Morgan fingerprint density at radius 3 is 2.38 bits per heavy atom. The van der Waals surface area contributed by atoms with E-state index in [-0.39, 0.29) is 5.92 Å². The van der Waals surface area contributed by atoms with Crippen LogP contribution in [0.4, 0.5) is 0 Å². The van der Waals surface area contributed by atoms with Crippen LogP contribution in [0.1, 0.15) is 76.1 Å². The first-order valence-corrected chi connectivity index (χ1v) is 12.2. The molecule has 3 heteroatoms. The van der Waals surface area contributed by atoms with Crippen LogP contribution in [0.3, 0.4) is 0 Å². The van der Waals surface area contributed by atoms with Crippen LogP contribution in [0.5, 0.6) is 5.75 Å². The molecule has 0 radical (unpaired) electrons. The van der Waals surface area contributed by atoms with Crippen LogP contribution < -0.4 is 4.74 Å². The zero-order valence-corrected chi connectivity index (χ0v) is 19.8. The number of para-hydroxylation sites is 2. The number of benzene rings is 3. The summed E-state index contributed by atoms with van der Waals surface area (Å²) in [6, 6.07) is 21.6. The number of hydrogen-bond acceptors (Lipinski definition) is 2. The first-order valence-electron chi connectivity index (χ1n) is 12.2. The van der Waals surface area contributed by atoms with Crippen LogP contribution in [0, 0.1) is 0 Å². The van der Waals surface area contributed by atoms with E-state index in [2.05, 4.69) is 73.0 Å². The van der Waals surface area contributed by atoms with E-state index in [1.165, 1.54) is 72.6 Å². The van der Waals surface area contributed by atoms with Crippen molar-refractivity contribution in [2.45, 2.75) is 71.3 Å². The fraction of sp³-hybridized carbons (Fsp3) is 0.414. The molecule has 4 rings (SSSR count). The molecule has 0 saturated heterocycles. The lowest BCUT2D eigenvalue weighted by molar-refractivity contribution is 0.415. The fourth-order valence-electron chi connectivity index (χ4n) is 4.67. The van der Waals surface area contributed by atoms with Gasteiger partial charge in [0.15, 0.2) is 0 Å². The minimum absolute atomic E-state index is 0.235. The molecule has 0 fully saturated rings. The van der Waals surface area contributed by atoms with E-state index in [0.717, 1.165) is 17.8 Å². The van der Waals surface area contributed by atoms with Gasteiger partial charge in [-0.3, -0.25) is 0 Å². The first-order chi connectivity index (χ1) is 15.7. The predicted molar refractivity (Wildman–Crippen MR) is 136 cm³/mol. The molecular formula is C29H36N2O. The molecule has 0 spiro atoms. The van der Waals surface area contributed by atoms with Gasteiger partial charge in [0.2, 0.25) is 0 Å². The normalized spacial score (nSPS) is 12.5. The van der Waals surface area contributed by atoms with Crippen molar-refractivity contribution in [1.82, 2.24) is 9.55 Å². The van der Waals surface area contributed by atoms with Crippen molar-refractivity contribution in [3.8, 4) is 5.75 Å². The lowest BCUT2D eigenvalue weighted by Crippen LogP contribution is -2.09. The summed E-state index contributed by atoms with van der Waals surface area (Å²) in [6.07, 6.45) is 9.26. The maximum absolute atomic E-state index is 5.38. The van der Waals surface area contributed by atoms with Crippen LogP contribution in [0.2, 0.25) is 0 Å². The molecule has 1 unspecified atom stereocenters. The van der Waals surface area contributed by atoms with Crippen molar-refractivity contribution in [2.75, 3.05) is 7.11 Å². The molecule has 0 saturated carbocycles. The first kappa shape index (κ1) is 22.4. The molecule has 1 heterocycles. The highest BCUT2D eigenvalue weighted by Gasteiger charge is 2.18. The lowest BCUT2D eigenvalue weighted by Gasteiger charge is -2.16. The Hall–Kier alpha value is -2.81. The second kappa shape index (κ2) is 10.7. The summed E-state index contributed by atoms with van der Waals surface area (Å²) in [5.74, 6) is 2.30. The topological polar surface area (TPSA) is 27.1 Å². The molecule has 1 atom stereocenters.